The standard InChI is InChI=1S/C9H17NO/c1-8(2)4-6-3-7(6)9(8,11)5-10/h6-7,11H,3-5,10H2,1-2H3. The van der Waals surface area contributed by atoms with Crippen LogP contribution in [0.25, 0.3) is 0 Å². The lowest BCUT2D eigenvalue weighted by Crippen LogP contribution is -2.49. The third-order valence-corrected chi connectivity index (χ3v) is 3.79. The number of rotatable bonds is 1. The molecule has 2 rings (SSSR count). The quantitative estimate of drug-likeness (QED) is 0.586. The molecule has 3 unspecified atom stereocenters. The molecular formula is C9H17NO. The maximum absolute atomic E-state index is 10.2. The Morgan fingerprint density at radius 1 is 1.55 bits per heavy atom. The number of fused-ring (bicyclic) bond motifs is 1. The van der Waals surface area contributed by atoms with Crippen LogP contribution < -0.4 is 5.73 Å². The SMILES string of the molecule is CC1(C)CC2CC2C1(O)CN. The maximum atomic E-state index is 10.2. The molecule has 0 aromatic heterocycles. The summed E-state index contributed by atoms with van der Waals surface area (Å²) in [5, 5.41) is 10.2. The lowest BCUT2D eigenvalue weighted by Gasteiger charge is -2.38. The fourth-order valence-electron chi connectivity index (χ4n) is 2.82. The first-order chi connectivity index (χ1) is 5.01. The van der Waals surface area contributed by atoms with Crippen LogP contribution in [0.4, 0.5) is 0 Å². The molecule has 2 nitrogen and oxygen atoms in total. The minimum Gasteiger partial charge on any atom is -0.388 e. The predicted octanol–water partition coefficient (Wildman–Crippen LogP) is 0.742. The average molecular weight is 155 g/mol. The van der Waals surface area contributed by atoms with Gasteiger partial charge in [0.2, 0.25) is 0 Å². The Morgan fingerprint density at radius 2 is 2.18 bits per heavy atom. The van der Waals surface area contributed by atoms with E-state index in [9.17, 15) is 5.11 Å². The van der Waals surface area contributed by atoms with E-state index in [4.69, 9.17) is 5.73 Å². The molecule has 0 spiro atoms. The number of aliphatic hydroxyl groups is 1. The Hall–Kier alpha value is -0.0800. The van der Waals surface area contributed by atoms with Crippen molar-refractivity contribution in [1.29, 1.82) is 0 Å². The zero-order valence-electron chi connectivity index (χ0n) is 7.30. The normalized spacial score (nSPS) is 52.4. The van der Waals surface area contributed by atoms with E-state index in [0.717, 1.165) is 12.3 Å². The minimum absolute atomic E-state index is 0.0509. The topological polar surface area (TPSA) is 46.2 Å². The van der Waals surface area contributed by atoms with Crippen molar-refractivity contribution >= 4 is 0 Å². The summed E-state index contributed by atoms with van der Waals surface area (Å²) in [6.07, 6.45) is 2.36. The highest BCUT2D eigenvalue weighted by Crippen LogP contribution is 2.64. The molecule has 2 saturated carbocycles. The van der Waals surface area contributed by atoms with Gasteiger partial charge in [0.1, 0.15) is 0 Å². The van der Waals surface area contributed by atoms with E-state index in [-0.39, 0.29) is 5.41 Å². The first-order valence-corrected chi connectivity index (χ1v) is 4.44. The van der Waals surface area contributed by atoms with Crippen molar-refractivity contribution in [2.45, 2.75) is 32.3 Å². The van der Waals surface area contributed by atoms with Gasteiger partial charge in [0.15, 0.2) is 0 Å². The number of nitrogens with two attached hydrogens (primary N) is 1. The Bertz CT molecular complexity index is 190. The van der Waals surface area contributed by atoms with Gasteiger partial charge in [-0.2, -0.15) is 0 Å². The van der Waals surface area contributed by atoms with Crippen LogP contribution in [-0.2, 0) is 0 Å². The van der Waals surface area contributed by atoms with Gasteiger partial charge in [-0.1, -0.05) is 13.8 Å². The van der Waals surface area contributed by atoms with Crippen LogP contribution >= 0.6 is 0 Å². The molecule has 0 aromatic rings. The molecule has 2 aliphatic rings. The van der Waals surface area contributed by atoms with Crippen molar-refractivity contribution in [1.82, 2.24) is 0 Å². The second-order valence-corrected chi connectivity index (χ2v) is 4.82. The largest absolute Gasteiger partial charge is 0.388 e. The molecular weight excluding hydrogens is 138 g/mol. The van der Waals surface area contributed by atoms with Gasteiger partial charge in [-0.3, -0.25) is 0 Å². The molecule has 2 heteroatoms. The van der Waals surface area contributed by atoms with Crippen molar-refractivity contribution in [3.8, 4) is 0 Å². The third-order valence-electron chi connectivity index (χ3n) is 3.79. The van der Waals surface area contributed by atoms with E-state index in [1.807, 2.05) is 0 Å². The van der Waals surface area contributed by atoms with Crippen molar-refractivity contribution < 1.29 is 5.11 Å². The monoisotopic (exact) mass is 155 g/mol. The van der Waals surface area contributed by atoms with Crippen molar-refractivity contribution in [2.24, 2.45) is 23.0 Å². The molecule has 0 amide bonds. The number of hydrogen-bond donors (Lipinski definition) is 2. The Balaban J connectivity index is 2.28. The molecule has 64 valence electrons. The molecule has 11 heavy (non-hydrogen) atoms. The summed E-state index contributed by atoms with van der Waals surface area (Å²) in [6.45, 7) is 4.69. The summed E-state index contributed by atoms with van der Waals surface area (Å²) in [4.78, 5) is 0. The molecule has 2 fully saturated rings. The van der Waals surface area contributed by atoms with Crippen LogP contribution in [-0.4, -0.2) is 17.3 Å². The lowest BCUT2D eigenvalue weighted by atomic mass is 9.74. The van der Waals surface area contributed by atoms with Crippen molar-refractivity contribution in [3.05, 3.63) is 0 Å². The summed E-state index contributed by atoms with van der Waals surface area (Å²) < 4.78 is 0. The van der Waals surface area contributed by atoms with Crippen molar-refractivity contribution in [3.63, 3.8) is 0 Å². The minimum atomic E-state index is -0.558. The van der Waals surface area contributed by atoms with E-state index in [1.165, 1.54) is 6.42 Å². The van der Waals surface area contributed by atoms with Crippen LogP contribution in [0.15, 0.2) is 0 Å². The highest BCUT2D eigenvalue weighted by Gasteiger charge is 2.65. The van der Waals surface area contributed by atoms with Gasteiger partial charge in [-0.15, -0.1) is 0 Å². The Labute approximate surface area is 67.8 Å². The highest BCUT2D eigenvalue weighted by molar-refractivity contribution is 5.16. The fourth-order valence-corrected chi connectivity index (χ4v) is 2.82. The molecule has 2 aliphatic carbocycles. The second-order valence-electron chi connectivity index (χ2n) is 4.82. The van der Waals surface area contributed by atoms with Crippen LogP contribution in [0.2, 0.25) is 0 Å². The zero-order valence-corrected chi connectivity index (χ0v) is 7.30. The van der Waals surface area contributed by atoms with Crippen molar-refractivity contribution in [2.75, 3.05) is 6.54 Å². The van der Waals surface area contributed by atoms with Gasteiger partial charge in [0.05, 0.1) is 5.60 Å². The van der Waals surface area contributed by atoms with E-state index in [2.05, 4.69) is 13.8 Å². The van der Waals surface area contributed by atoms with Crippen LogP contribution in [0.5, 0.6) is 0 Å². The van der Waals surface area contributed by atoms with Gasteiger partial charge < -0.3 is 10.8 Å². The lowest BCUT2D eigenvalue weighted by molar-refractivity contribution is -0.0567. The van der Waals surface area contributed by atoms with E-state index in [1.54, 1.807) is 0 Å². The molecule has 0 saturated heterocycles. The van der Waals surface area contributed by atoms with E-state index < -0.39 is 5.60 Å². The Morgan fingerprint density at radius 3 is 2.45 bits per heavy atom. The summed E-state index contributed by atoms with van der Waals surface area (Å²) >= 11 is 0. The van der Waals surface area contributed by atoms with Gasteiger partial charge in [0.25, 0.3) is 0 Å². The summed E-state index contributed by atoms with van der Waals surface area (Å²) in [6, 6.07) is 0. The molecule has 3 atom stereocenters. The highest BCUT2D eigenvalue weighted by atomic mass is 16.3. The average Bonchev–Trinajstić information content (AvgIpc) is 2.61. The first kappa shape index (κ1) is 7.56. The van der Waals surface area contributed by atoms with Gasteiger partial charge in [-0.25, -0.2) is 0 Å². The molecule has 0 bridgehead atoms. The Kier molecular flexibility index (Phi) is 1.24. The molecule has 3 N–H and O–H groups in total. The van der Waals surface area contributed by atoms with Crippen LogP contribution in [0.3, 0.4) is 0 Å². The summed E-state index contributed by atoms with van der Waals surface area (Å²) in [5.74, 6) is 1.29. The predicted molar refractivity (Wildman–Crippen MR) is 44.0 cm³/mol. The molecule has 0 aromatic carbocycles. The molecule has 0 radical (unpaired) electrons. The van der Waals surface area contributed by atoms with Crippen LogP contribution in [0.1, 0.15) is 26.7 Å². The van der Waals surface area contributed by atoms with Gasteiger partial charge in [-0.05, 0) is 30.1 Å². The fraction of sp³-hybridized carbons (Fsp3) is 1.00. The van der Waals surface area contributed by atoms with E-state index in [0.29, 0.717) is 12.5 Å². The maximum Gasteiger partial charge on any atom is 0.0850 e. The van der Waals surface area contributed by atoms with E-state index >= 15 is 0 Å². The summed E-state index contributed by atoms with van der Waals surface area (Å²) in [5.41, 5.74) is 5.10. The van der Waals surface area contributed by atoms with Gasteiger partial charge >= 0.3 is 0 Å². The first-order valence-electron chi connectivity index (χ1n) is 4.44. The number of hydrogen-bond acceptors (Lipinski definition) is 2. The molecule has 0 heterocycles. The van der Waals surface area contributed by atoms with Gasteiger partial charge in [0, 0.05) is 6.54 Å². The second kappa shape index (κ2) is 1.80. The smallest absolute Gasteiger partial charge is 0.0850 e. The third kappa shape index (κ3) is 0.744. The zero-order chi connectivity index (χ0) is 8.28. The molecule has 0 aliphatic heterocycles. The van der Waals surface area contributed by atoms with Crippen LogP contribution in [0, 0.1) is 17.3 Å². The summed E-state index contributed by atoms with van der Waals surface area (Å²) in [7, 11) is 0.